The predicted octanol–water partition coefficient (Wildman–Crippen LogP) is 7.40. The first-order chi connectivity index (χ1) is 14.5. The molecule has 0 saturated heterocycles. The number of thiophene rings is 1. The van der Waals surface area contributed by atoms with Crippen LogP contribution < -0.4 is 9.47 Å². The first-order valence-electron chi connectivity index (χ1n) is 9.42. The monoisotopic (exact) mass is 488 g/mol. The average Bonchev–Trinajstić information content (AvgIpc) is 3.22. The van der Waals surface area contributed by atoms with E-state index in [0.29, 0.717) is 24.0 Å². The summed E-state index contributed by atoms with van der Waals surface area (Å²) in [6, 6.07) is 11.5. The van der Waals surface area contributed by atoms with E-state index in [1.54, 1.807) is 43.4 Å². The molecule has 164 valence electrons. The summed E-state index contributed by atoms with van der Waals surface area (Å²) in [6.07, 6.45) is -0.192. The molecule has 0 unspecified atom stereocenters. The van der Waals surface area contributed by atoms with Gasteiger partial charge >= 0.3 is 0 Å². The van der Waals surface area contributed by atoms with Gasteiger partial charge in [0, 0.05) is 29.9 Å². The Kier molecular flexibility index (Phi) is 11.1. The van der Waals surface area contributed by atoms with Crippen molar-refractivity contribution in [1.82, 2.24) is 0 Å². The average molecular weight is 489 g/mol. The Hall–Kier alpha value is -1.15. The lowest BCUT2D eigenvalue weighted by molar-refractivity contribution is -0.120. The molecule has 3 aromatic rings. The van der Waals surface area contributed by atoms with Crippen LogP contribution in [0.3, 0.4) is 0 Å². The van der Waals surface area contributed by atoms with E-state index in [4.69, 9.17) is 42.1 Å². The number of halogens is 2. The highest BCUT2D eigenvalue weighted by Gasteiger charge is 2.10. The number of ether oxygens (including phenoxy) is 4. The molecule has 0 radical (unpaired) electrons. The van der Waals surface area contributed by atoms with Crippen LogP contribution in [-0.4, -0.2) is 39.5 Å². The SMILES string of the molecule is CCOC(CSc1ccc(OC)cc1Cl)OCC.COc1cc(Cl)c2sccc2c1. The van der Waals surface area contributed by atoms with Crippen molar-refractivity contribution < 1.29 is 18.9 Å². The smallest absolute Gasteiger partial charge is 0.166 e. The van der Waals surface area contributed by atoms with Gasteiger partial charge in [-0.05, 0) is 54.9 Å². The van der Waals surface area contributed by atoms with Crippen molar-refractivity contribution in [2.75, 3.05) is 33.2 Å². The van der Waals surface area contributed by atoms with Crippen LogP contribution in [0.5, 0.6) is 11.5 Å². The topological polar surface area (TPSA) is 36.9 Å². The molecular weight excluding hydrogens is 463 g/mol. The lowest BCUT2D eigenvalue weighted by Gasteiger charge is -2.16. The maximum atomic E-state index is 6.16. The maximum Gasteiger partial charge on any atom is 0.166 e. The molecule has 8 heteroatoms. The molecule has 0 bridgehead atoms. The molecule has 0 atom stereocenters. The number of hydrogen-bond donors (Lipinski definition) is 0. The van der Waals surface area contributed by atoms with Crippen molar-refractivity contribution in [3.8, 4) is 11.5 Å². The van der Waals surface area contributed by atoms with Gasteiger partial charge in [0.2, 0.25) is 0 Å². The number of hydrogen-bond acceptors (Lipinski definition) is 6. The van der Waals surface area contributed by atoms with E-state index >= 15 is 0 Å². The van der Waals surface area contributed by atoms with E-state index in [2.05, 4.69) is 0 Å². The molecular formula is C22H26Cl2O4S2. The van der Waals surface area contributed by atoms with Crippen molar-refractivity contribution >= 4 is 56.4 Å². The van der Waals surface area contributed by atoms with Crippen LogP contribution in [0.2, 0.25) is 10.0 Å². The summed E-state index contributed by atoms with van der Waals surface area (Å²) < 4.78 is 22.3. The molecule has 30 heavy (non-hydrogen) atoms. The maximum absolute atomic E-state index is 6.16. The lowest BCUT2D eigenvalue weighted by atomic mass is 10.2. The summed E-state index contributed by atoms with van der Waals surface area (Å²) in [7, 11) is 3.27. The van der Waals surface area contributed by atoms with Gasteiger partial charge in [-0.15, -0.1) is 23.1 Å². The van der Waals surface area contributed by atoms with Crippen molar-refractivity contribution in [2.24, 2.45) is 0 Å². The standard InChI is InChI=1S/C13H19ClO3S.C9H7ClOS/c1-4-16-13(17-5-2)9-18-12-7-6-10(15-3)8-11(12)14;1-11-7-4-6-2-3-12-9(6)8(10)5-7/h6-8,13H,4-5,9H2,1-3H3;2-5H,1H3. The Morgan fingerprint density at radius 2 is 1.57 bits per heavy atom. The molecule has 0 N–H and O–H groups in total. The summed E-state index contributed by atoms with van der Waals surface area (Å²) in [5.74, 6) is 2.29. The molecule has 0 aliphatic heterocycles. The van der Waals surface area contributed by atoms with E-state index < -0.39 is 0 Å². The van der Waals surface area contributed by atoms with Gasteiger partial charge in [-0.1, -0.05) is 23.2 Å². The van der Waals surface area contributed by atoms with Crippen molar-refractivity contribution in [3.63, 3.8) is 0 Å². The molecule has 1 heterocycles. The van der Waals surface area contributed by atoms with Crippen LogP contribution in [0.15, 0.2) is 46.7 Å². The van der Waals surface area contributed by atoms with E-state index in [9.17, 15) is 0 Å². The largest absolute Gasteiger partial charge is 0.497 e. The van der Waals surface area contributed by atoms with E-state index in [-0.39, 0.29) is 6.29 Å². The molecule has 2 aromatic carbocycles. The molecule has 0 aliphatic rings. The van der Waals surface area contributed by atoms with Gasteiger partial charge in [0.1, 0.15) is 11.5 Å². The lowest BCUT2D eigenvalue weighted by Crippen LogP contribution is -2.19. The molecule has 0 amide bonds. The normalized spacial score (nSPS) is 10.8. The number of methoxy groups -OCH3 is 2. The number of benzene rings is 2. The second kappa shape index (κ2) is 13.3. The zero-order chi connectivity index (χ0) is 21.9. The van der Waals surface area contributed by atoms with Crippen LogP contribution >= 0.6 is 46.3 Å². The molecule has 0 spiro atoms. The fourth-order valence-corrected chi connectivity index (χ4v) is 4.87. The molecule has 0 saturated carbocycles. The zero-order valence-electron chi connectivity index (χ0n) is 17.4. The Labute approximate surface area is 196 Å². The first-order valence-corrected chi connectivity index (χ1v) is 12.0. The second-order valence-electron chi connectivity index (χ2n) is 5.90. The van der Waals surface area contributed by atoms with E-state index in [0.717, 1.165) is 31.5 Å². The van der Waals surface area contributed by atoms with Gasteiger partial charge < -0.3 is 18.9 Å². The molecule has 4 nitrogen and oxygen atoms in total. The highest BCUT2D eigenvalue weighted by atomic mass is 35.5. The van der Waals surface area contributed by atoms with E-state index in [1.807, 2.05) is 49.6 Å². The Morgan fingerprint density at radius 1 is 0.900 bits per heavy atom. The third-order valence-corrected chi connectivity index (χ3v) is 6.84. The Bertz CT molecular complexity index is 911. The first kappa shape index (κ1) is 25.1. The fourth-order valence-electron chi connectivity index (χ4n) is 2.53. The minimum Gasteiger partial charge on any atom is -0.497 e. The zero-order valence-corrected chi connectivity index (χ0v) is 20.6. The van der Waals surface area contributed by atoms with Crippen LogP contribution in [0.1, 0.15) is 13.8 Å². The summed E-state index contributed by atoms with van der Waals surface area (Å²) in [5, 5.41) is 4.62. The minimum atomic E-state index is -0.192. The van der Waals surface area contributed by atoms with Crippen molar-refractivity contribution in [3.05, 3.63) is 51.8 Å². The molecule has 0 fully saturated rings. The highest BCUT2D eigenvalue weighted by molar-refractivity contribution is 7.99. The van der Waals surface area contributed by atoms with Crippen LogP contribution in [0, 0.1) is 0 Å². The third kappa shape index (κ3) is 7.52. The van der Waals surface area contributed by atoms with Crippen molar-refractivity contribution in [1.29, 1.82) is 0 Å². The van der Waals surface area contributed by atoms with Gasteiger partial charge in [-0.25, -0.2) is 0 Å². The Balaban J connectivity index is 0.000000230. The van der Waals surface area contributed by atoms with Crippen LogP contribution in [-0.2, 0) is 9.47 Å². The van der Waals surface area contributed by atoms with E-state index in [1.165, 1.54) is 0 Å². The van der Waals surface area contributed by atoms with Crippen molar-refractivity contribution in [2.45, 2.75) is 25.0 Å². The number of rotatable bonds is 9. The minimum absolute atomic E-state index is 0.192. The van der Waals surface area contributed by atoms with Gasteiger partial charge in [-0.2, -0.15) is 0 Å². The summed E-state index contributed by atoms with van der Waals surface area (Å²) in [5.41, 5.74) is 0. The highest BCUT2D eigenvalue weighted by Crippen LogP contribution is 2.33. The summed E-state index contributed by atoms with van der Waals surface area (Å²) >= 11 is 15.4. The molecule has 0 aliphatic carbocycles. The van der Waals surface area contributed by atoms with Gasteiger partial charge in [0.05, 0.1) is 29.0 Å². The van der Waals surface area contributed by atoms with Crippen LogP contribution in [0.4, 0.5) is 0 Å². The van der Waals surface area contributed by atoms with Gasteiger partial charge in [-0.3, -0.25) is 0 Å². The van der Waals surface area contributed by atoms with Gasteiger partial charge in [0.15, 0.2) is 6.29 Å². The number of thioether (sulfide) groups is 1. The van der Waals surface area contributed by atoms with Crippen LogP contribution in [0.25, 0.3) is 10.1 Å². The predicted molar refractivity (Wildman–Crippen MR) is 129 cm³/mol. The van der Waals surface area contributed by atoms with Gasteiger partial charge in [0.25, 0.3) is 0 Å². The second-order valence-corrected chi connectivity index (χ2v) is 8.69. The number of fused-ring (bicyclic) bond motifs is 1. The Morgan fingerprint density at radius 3 is 2.17 bits per heavy atom. The molecule has 3 rings (SSSR count). The summed E-state index contributed by atoms with van der Waals surface area (Å²) in [4.78, 5) is 1.00. The fraction of sp³-hybridized carbons (Fsp3) is 0.364. The molecule has 1 aromatic heterocycles. The quantitative estimate of drug-likeness (QED) is 0.231. The summed E-state index contributed by atoms with van der Waals surface area (Å²) in [6.45, 7) is 5.19. The third-order valence-electron chi connectivity index (χ3n) is 3.93.